The Labute approximate surface area is 220 Å². The van der Waals surface area contributed by atoms with Crippen LogP contribution in [0.3, 0.4) is 0 Å². The fourth-order valence-corrected chi connectivity index (χ4v) is 5.60. The van der Waals surface area contributed by atoms with Crippen molar-refractivity contribution < 1.29 is 19.3 Å². The molecule has 4 aromatic rings. The van der Waals surface area contributed by atoms with E-state index in [0.717, 1.165) is 10.8 Å². The highest BCUT2D eigenvalue weighted by molar-refractivity contribution is 6.35. The molecular weight excluding hydrogens is 517 g/mol. The number of halogens is 2. The summed E-state index contributed by atoms with van der Waals surface area (Å²) in [6.45, 7) is 0. The van der Waals surface area contributed by atoms with E-state index in [1.807, 2.05) is 30.3 Å². The largest absolute Gasteiger partial charge is 0.273 e. The quantitative estimate of drug-likeness (QED) is 0.178. The van der Waals surface area contributed by atoms with Gasteiger partial charge in [0.1, 0.15) is 5.92 Å². The maximum Gasteiger partial charge on any atom is 0.271 e. The van der Waals surface area contributed by atoms with E-state index >= 15 is 0 Å². The first-order valence-corrected chi connectivity index (χ1v) is 12.1. The number of fused-ring (bicyclic) bond motifs is 2. The first kappa shape index (κ1) is 23.4. The Kier molecular flexibility index (Phi) is 5.60. The second kappa shape index (κ2) is 8.85. The second-order valence-electron chi connectivity index (χ2n) is 8.78. The van der Waals surface area contributed by atoms with Gasteiger partial charge in [-0.1, -0.05) is 71.7 Å². The molecule has 2 heterocycles. The molecule has 0 radical (unpaired) electrons. The summed E-state index contributed by atoms with van der Waals surface area (Å²) < 4.78 is 0. The standard InChI is InChI=1S/C27H17Cl2N3O5/c28-16-11-12-20(21(29)13-16)24-23-25(37-31(24)17-7-4-8-18(14-17)32(35)36)27(34)30(26(23)33)22-10-3-6-15-5-1-2-9-19(15)22/h1-14,23-25H/t23-,24+,25+/m0/s1. The van der Waals surface area contributed by atoms with Crippen LogP contribution < -0.4 is 9.96 Å². The third-order valence-electron chi connectivity index (χ3n) is 6.70. The third kappa shape index (κ3) is 3.72. The van der Waals surface area contributed by atoms with Crippen LogP contribution in [0.15, 0.2) is 84.9 Å². The molecule has 6 rings (SSSR count). The smallest absolute Gasteiger partial charge is 0.271 e. The van der Waals surface area contributed by atoms with E-state index in [0.29, 0.717) is 22.0 Å². The number of non-ortho nitro benzene ring substituents is 1. The Morgan fingerprint density at radius 3 is 2.41 bits per heavy atom. The molecule has 37 heavy (non-hydrogen) atoms. The van der Waals surface area contributed by atoms with Crippen molar-refractivity contribution in [3.8, 4) is 0 Å². The van der Waals surface area contributed by atoms with Crippen LogP contribution in [0.25, 0.3) is 10.8 Å². The number of rotatable bonds is 4. The number of nitro benzene ring substituents is 1. The lowest BCUT2D eigenvalue weighted by Crippen LogP contribution is -2.37. The van der Waals surface area contributed by atoms with Crippen molar-refractivity contribution in [2.45, 2.75) is 12.1 Å². The van der Waals surface area contributed by atoms with Crippen molar-refractivity contribution in [1.29, 1.82) is 0 Å². The van der Waals surface area contributed by atoms with Crippen molar-refractivity contribution in [3.63, 3.8) is 0 Å². The predicted octanol–water partition coefficient (Wildman–Crippen LogP) is 6.11. The molecule has 0 spiro atoms. The lowest BCUT2D eigenvalue weighted by Gasteiger charge is -2.29. The minimum Gasteiger partial charge on any atom is -0.273 e. The first-order valence-electron chi connectivity index (χ1n) is 11.4. The van der Waals surface area contributed by atoms with Crippen LogP contribution in [0, 0.1) is 16.0 Å². The average Bonchev–Trinajstić information content (AvgIpc) is 3.39. The van der Waals surface area contributed by atoms with Gasteiger partial charge in [0.15, 0.2) is 6.10 Å². The van der Waals surface area contributed by atoms with Gasteiger partial charge in [-0.2, -0.15) is 0 Å². The summed E-state index contributed by atoms with van der Waals surface area (Å²) in [6, 6.07) is 22.7. The van der Waals surface area contributed by atoms with Crippen LogP contribution in [0.4, 0.5) is 17.1 Å². The van der Waals surface area contributed by atoms with Gasteiger partial charge in [0.05, 0.1) is 22.3 Å². The summed E-state index contributed by atoms with van der Waals surface area (Å²) in [5, 5.41) is 15.1. The highest BCUT2D eigenvalue weighted by Crippen LogP contribution is 2.50. The summed E-state index contributed by atoms with van der Waals surface area (Å²) in [6.07, 6.45) is -1.15. The maximum absolute atomic E-state index is 14.0. The Morgan fingerprint density at radius 1 is 0.865 bits per heavy atom. The minimum absolute atomic E-state index is 0.158. The summed E-state index contributed by atoms with van der Waals surface area (Å²) >= 11 is 12.7. The zero-order valence-corrected chi connectivity index (χ0v) is 20.5. The second-order valence-corrected chi connectivity index (χ2v) is 9.62. The number of nitrogens with zero attached hydrogens (tertiary/aromatic N) is 3. The highest BCUT2D eigenvalue weighted by atomic mass is 35.5. The van der Waals surface area contributed by atoms with Gasteiger partial charge < -0.3 is 0 Å². The van der Waals surface area contributed by atoms with E-state index < -0.39 is 34.8 Å². The van der Waals surface area contributed by atoms with Gasteiger partial charge in [-0.05, 0) is 35.2 Å². The van der Waals surface area contributed by atoms with Gasteiger partial charge in [-0.25, -0.2) is 9.96 Å². The number of carbonyl (C=O) groups is 2. The Balaban J connectivity index is 1.49. The Hall–Kier alpha value is -3.98. The van der Waals surface area contributed by atoms with Gasteiger partial charge in [-0.3, -0.25) is 24.5 Å². The fraction of sp³-hybridized carbons (Fsp3) is 0.111. The Morgan fingerprint density at radius 2 is 1.62 bits per heavy atom. The van der Waals surface area contributed by atoms with Crippen LogP contribution >= 0.6 is 23.2 Å². The molecule has 10 heteroatoms. The van der Waals surface area contributed by atoms with Gasteiger partial charge in [-0.15, -0.1) is 0 Å². The molecule has 0 aliphatic carbocycles. The van der Waals surface area contributed by atoms with E-state index in [1.54, 1.807) is 36.4 Å². The molecule has 2 aliphatic heterocycles. The van der Waals surface area contributed by atoms with Crippen LogP contribution in [0.1, 0.15) is 11.6 Å². The topological polar surface area (TPSA) is 93.0 Å². The number of benzene rings is 4. The van der Waals surface area contributed by atoms with Crippen molar-refractivity contribution in [2.24, 2.45) is 5.92 Å². The summed E-state index contributed by atoms with van der Waals surface area (Å²) in [5.74, 6) is -1.92. The van der Waals surface area contributed by atoms with Gasteiger partial charge in [0.2, 0.25) is 5.91 Å². The lowest BCUT2D eigenvalue weighted by atomic mass is 9.90. The van der Waals surface area contributed by atoms with Crippen molar-refractivity contribution >= 4 is 62.9 Å². The van der Waals surface area contributed by atoms with Gasteiger partial charge in [0, 0.05) is 27.6 Å². The summed E-state index contributed by atoms with van der Waals surface area (Å²) in [5.41, 5.74) is 1.13. The zero-order chi connectivity index (χ0) is 25.8. The van der Waals surface area contributed by atoms with Crippen LogP contribution in [0.2, 0.25) is 10.0 Å². The number of hydroxylamine groups is 1. The van der Waals surface area contributed by atoms with E-state index in [2.05, 4.69) is 0 Å². The van der Waals surface area contributed by atoms with Gasteiger partial charge >= 0.3 is 0 Å². The molecule has 2 amide bonds. The molecular formula is C27H17Cl2N3O5. The molecule has 3 atom stereocenters. The molecule has 2 aliphatic rings. The Bertz CT molecular complexity index is 1610. The molecule has 184 valence electrons. The number of hydrogen-bond acceptors (Lipinski definition) is 6. The molecule has 0 unspecified atom stereocenters. The average molecular weight is 534 g/mol. The number of nitro groups is 1. The number of hydrogen-bond donors (Lipinski definition) is 0. The molecule has 8 nitrogen and oxygen atoms in total. The molecule has 0 N–H and O–H groups in total. The first-order chi connectivity index (χ1) is 17.8. The SMILES string of the molecule is O=C1[C@H]2[C@@H](c3ccc(Cl)cc3Cl)N(c3cccc([N+](=O)[O-])c3)O[C@H]2C(=O)N1c1cccc2ccccc12. The van der Waals surface area contributed by atoms with E-state index in [4.69, 9.17) is 28.0 Å². The molecule has 4 aromatic carbocycles. The minimum atomic E-state index is -1.15. The van der Waals surface area contributed by atoms with Crippen molar-refractivity contribution in [2.75, 3.05) is 9.96 Å². The third-order valence-corrected chi connectivity index (χ3v) is 7.26. The monoisotopic (exact) mass is 533 g/mol. The molecule has 0 saturated carbocycles. The van der Waals surface area contributed by atoms with E-state index in [1.165, 1.54) is 28.2 Å². The van der Waals surface area contributed by atoms with E-state index in [-0.39, 0.29) is 10.7 Å². The molecule has 0 aromatic heterocycles. The predicted molar refractivity (Wildman–Crippen MR) is 140 cm³/mol. The normalized spacial score (nSPS) is 21.1. The number of carbonyl (C=O) groups excluding carboxylic acids is 2. The summed E-state index contributed by atoms with van der Waals surface area (Å²) in [4.78, 5) is 45.8. The molecule has 0 bridgehead atoms. The highest BCUT2D eigenvalue weighted by Gasteiger charge is 2.60. The zero-order valence-electron chi connectivity index (χ0n) is 19.0. The van der Waals surface area contributed by atoms with Crippen molar-refractivity contribution in [1.82, 2.24) is 0 Å². The number of imide groups is 1. The van der Waals surface area contributed by atoms with Crippen molar-refractivity contribution in [3.05, 3.63) is 111 Å². The molecule has 2 fully saturated rings. The van der Waals surface area contributed by atoms with Crippen LogP contribution in [-0.2, 0) is 14.4 Å². The molecule has 2 saturated heterocycles. The van der Waals surface area contributed by atoms with E-state index in [9.17, 15) is 19.7 Å². The lowest BCUT2D eigenvalue weighted by molar-refractivity contribution is -0.384. The van der Waals surface area contributed by atoms with Crippen LogP contribution in [-0.4, -0.2) is 22.8 Å². The summed E-state index contributed by atoms with van der Waals surface area (Å²) in [7, 11) is 0. The maximum atomic E-state index is 14.0. The van der Waals surface area contributed by atoms with Crippen LogP contribution in [0.5, 0.6) is 0 Å². The number of amides is 2. The van der Waals surface area contributed by atoms with Gasteiger partial charge in [0.25, 0.3) is 11.6 Å². The number of anilines is 2. The fourth-order valence-electron chi connectivity index (χ4n) is 5.08.